The molecule has 0 bridgehead atoms. The number of morpholine rings is 1. The Labute approximate surface area is 243 Å². The number of aryl methyl sites for hydroxylation is 1. The van der Waals surface area contributed by atoms with Gasteiger partial charge in [0.1, 0.15) is 0 Å². The van der Waals surface area contributed by atoms with Crippen molar-refractivity contribution in [1.29, 1.82) is 0 Å². The summed E-state index contributed by atoms with van der Waals surface area (Å²) in [6.07, 6.45) is -2.89. The lowest BCUT2D eigenvalue weighted by molar-refractivity contribution is -0.137. The topological polar surface area (TPSA) is 71.1 Å². The number of pyridine rings is 1. The smallest absolute Gasteiger partial charge is 0.378 e. The highest BCUT2D eigenvalue weighted by molar-refractivity contribution is 5.87. The van der Waals surface area contributed by atoms with Gasteiger partial charge in [0.05, 0.1) is 24.3 Å². The predicted molar refractivity (Wildman–Crippen MR) is 156 cm³/mol. The van der Waals surface area contributed by atoms with Gasteiger partial charge in [-0.15, -0.1) is 4.98 Å². The molecule has 4 heterocycles. The van der Waals surface area contributed by atoms with Crippen LogP contribution in [0, 0.1) is 6.57 Å². The maximum absolute atomic E-state index is 13.7. The first-order chi connectivity index (χ1) is 20.1. The van der Waals surface area contributed by atoms with Gasteiger partial charge in [0.15, 0.2) is 5.82 Å². The van der Waals surface area contributed by atoms with E-state index >= 15 is 0 Å². The van der Waals surface area contributed by atoms with E-state index < -0.39 is 17.4 Å². The quantitative estimate of drug-likeness (QED) is 0.371. The molecule has 0 amide bonds. The van der Waals surface area contributed by atoms with E-state index in [1.807, 2.05) is 4.90 Å². The third kappa shape index (κ3) is 5.55. The molecule has 5 rings (SSSR count). The summed E-state index contributed by atoms with van der Waals surface area (Å²) in [5.74, 6) is 0.703. The van der Waals surface area contributed by atoms with E-state index in [4.69, 9.17) is 11.3 Å². The van der Waals surface area contributed by atoms with Crippen molar-refractivity contribution in [2.45, 2.75) is 57.9 Å². The molecule has 0 radical (unpaired) electrons. The Hall–Kier alpha value is -3.69. The molecule has 1 aromatic carbocycles. The average molecular weight is 584 g/mol. The van der Waals surface area contributed by atoms with Crippen molar-refractivity contribution in [2.24, 2.45) is 7.05 Å². The Bertz CT molecular complexity index is 1540. The van der Waals surface area contributed by atoms with Gasteiger partial charge in [-0.25, -0.2) is 4.79 Å². The Kier molecular flexibility index (Phi) is 8.44. The Morgan fingerprint density at radius 2 is 1.79 bits per heavy atom. The van der Waals surface area contributed by atoms with E-state index in [2.05, 4.69) is 45.4 Å². The zero-order valence-electron chi connectivity index (χ0n) is 24.4. The number of piperazine rings is 1. The van der Waals surface area contributed by atoms with E-state index in [9.17, 15) is 18.0 Å². The summed E-state index contributed by atoms with van der Waals surface area (Å²) in [5.41, 5.74) is 1.52. The van der Waals surface area contributed by atoms with Crippen LogP contribution in [-0.4, -0.2) is 70.9 Å². The Morgan fingerprint density at radius 1 is 1.07 bits per heavy atom. The molecule has 2 aromatic heterocycles. The highest BCUT2D eigenvalue weighted by Gasteiger charge is 2.39. The molecule has 3 aromatic rings. The van der Waals surface area contributed by atoms with E-state index in [0.29, 0.717) is 61.9 Å². The molecule has 2 fully saturated rings. The maximum atomic E-state index is 13.7. The number of hydrogen-bond donors (Lipinski definition) is 0. The number of aromatic nitrogens is 3. The van der Waals surface area contributed by atoms with Gasteiger partial charge >= 0.3 is 11.9 Å². The highest BCUT2D eigenvalue weighted by Crippen LogP contribution is 2.40. The van der Waals surface area contributed by atoms with Gasteiger partial charge in [0.2, 0.25) is 5.52 Å². The molecule has 2 saturated heterocycles. The van der Waals surface area contributed by atoms with E-state index in [1.54, 1.807) is 25.2 Å². The lowest BCUT2D eigenvalue weighted by atomic mass is 9.95. The Balaban J connectivity index is 1.53. The van der Waals surface area contributed by atoms with Gasteiger partial charge in [0.25, 0.3) is 5.82 Å². The number of benzene rings is 1. The molecule has 2 aliphatic heterocycles. The van der Waals surface area contributed by atoms with Crippen molar-refractivity contribution in [3.8, 4) is 0 Å². The average Bonchev–Trinajstić information content (AvgIpc) is 3.01. The number of hydrogen-bond acceptors (Lipinski definition) is 7. The Morgan fingerprint density at radius 3 is 2.43 bits per heavy atom. The minimum absolute atomic E-state index is 0.0299. The first-order valence-corrected chi connectivity index (χ1v) is 14.4. The summed E-state index contributed by atoms with van der Waals surface area (Å²) in [4.78, 5) is 31.8. The number of fused-ring (bicyclic) bond motifs is 1. The van der Waals surface area contributed by atoms with Gasteiger partial charge in [-0.3, -0.25) is 9.47 Å². The number of nitrogens with zero attached hydrogens (tertiary/aromatic N) is 7. The SMILES string of the molecule is [C-]#[N+]c1ccc2c(n1)c(N1C[C@@H](CC)N(C(C)c3ccc(C(F)(F)F)cc3N3CCOCC3)C[C@@H]1CC)nc(=O)n2C. The summed E-state index contributed by atoms with van der Waals surface area (Å²) in [6.45, 7) is 16.9. The molecule has 0 aliphatic carbocycles. The summed E-state index contributed by atoms with van der Waals surface area (Å²) in [7, 11) is 1.64. The third-order valence-corrected chi connectivity index (χ3v) is 8.65. The van der Waals surface area contributed by atoms with Gasteiger partial charge in [-0.1, -0.05) is 26.5 Å². The largest absolute Gasteiger partial charge is 0.416 e. The van der Waals surface area contributed by atoms with Gasteiger partial charge in [-0.2, -0.15) is 18.2 Å². The summed E-state index contributed by atoms with van der Waals surface area (Å²) < 4.78 is 48.1. The van der Waals surface area contributed by atoms with E-state index in [0.717, 1.165) is 18.4 Å². The third-order valence-electron chi connectivity index (χ3n) is 8.65. The van der Waals surface area contributed by atoms with Crippen LogP contribution in [-0.2, 0) is 18.0 Å². The second-order valence-electron chi connectivity index (χ2n) is 10.9. The van der Waals surface area contributed by atoms with Crippen molar-refractivity contribution < 1.29 is 17.9 Å². The highest BCUT2D eigenvalue weighted by atomic mass is 19.4. The summed E-state index contributed by atoms with van der Waals surface area (Å²) in [5, 5.41) is 0. The number of halogens is 3. The molecule has 9 nitrogen and oxygen atoms in total. The van der Waals surface area contributed by atoms with Crippen LogP contribution in [0.25, 0.3) is 15.9 Å². The molecule has 42 heavy (non-hydrogen) atoms. The standard InChI is InChI=1S/C30H36F3N7O2/c1-6-21-18-40(28-27-24(37(5)29(41)36-28)10-11-26(34-4)35-27)22(7-2)17-39(21)19(3)23-9-8-20(30(31,32)33)16-25(23)38-12-14-42-15-13-38/h8-11,16,19,21-22H,6-7,12-15,17-18H2,1-3,5H3/t19?,21-,22+/m1/s1. The van der Waals surface area contributed by atoms with Crippen molar-refractivity contribution in [3.63, 3.8) is 0 Å². The van der Waals surface area contributed by atoms with Crippen LogP contribution < -0.4 is 15.5 Å². The molecule has 224 valence electrons. The van der Waals surface area contributed by atoms with Crippen LogP contribution in [0.3, 0.4) is 0 Å². The van der Waals surface area contributed by atoms with Crippen LogP contribution in [0.4, 0.5) is 30.5 Å². The van der Waals surface area contributed by atoms with Crippen molar-refractivity contribution in [2.75, 3.05) is 49.2 Å². The molecule has 0 N–H and O–H groups in total. The number of anilines is 2. The molecule has 0 saturated carbocycles. The molecule has 12 heteroatoms. The molecule has 1 unspecified atom stereocenters. The van der Waals surface area contributed by atoms with Crippen molar-refractivity contribution >= 4 is 28.4 Å². The van der Waals surface area contributed by atoms with Crippen molar-refractivity contribution in [1.82, 2.24) is 19.4 Å². The minimum atomic E-state index is -4.43. The molecule has 0 spiro atoms. The van der Waals surface area contributed by atoms with Gasteiger partial charge in [0, 0.05) is 57.0 Å². The zero-order chi connectivity index (χ0) is 30.2. The summed E-state index contributed by atoms with van der Waals surface area (Å²) >= 11 is 0. The first kappa shape index (κ1) is 29.8. The fourth-order valence-corrected chi connectivity index (χ4v) is 6.21. The lowest BCUT2D eigenvalue weighted by Crippen LogP contribution is -2.59. The van der Waals surface area contributed by atoms with Gasteiger partial charge < -0.3 is 19.4 Å². The first-order valence-electron chi connectivity index (χ1n) is 14.4. The predicted octanol–water partition coefficient (Wildman–Crippen LogP) is 5.18. The van der Waals surface area contributed by atoms with E-state index in [-0.39, 0.29) is 23.9 Å². The molecular formula is C30H36F3N7O2. The fourth-order valence-electron chi connectivity index (χ4n) is 6.21. The number of alkyl halides is 3. The zero-order valence-corrected chi connectivity index (χ0v) is 24.4. The molecule has 3 atom stereocenters. The monoisotopic (exact) mass is 583 g/mol. The maximum Gasteiger partial charge on any atom is 0.416 e. The molecular weight excluding hydrogens is 547 g/mol. The van der Waals surface area contributed by atoms with Crippen LogP contribution in [0.15, 0.2) is 35.1 Å². The van der Waals surface area contributed by atoms with Crippen LogP contribution >= 0.6 is 0 Å². The van der Waals surface area contributed by atoms with Gasteiger partial charge in [-0.05, 0) is 49.6 Å². The van der Waals surface area contributed by atoms with Crippen molar-refractivity contribution in [3.05, 3.63) is 63.4 Å². The lowest BCUT2D eigenvalue weighted by Gasteiger charge is -2.49. The second kappa shape index (κ2) is 11.9. The second-order valence-corrected chi connectivity index (χ2v) is 10.9. The number of rotatable bonds is 6. The van der Waals surface area contributed by atoms with Crippen LogP contribution in [0.5, 0.6) is 0 Å². The number of ether oxygens (including phenoxy) is 1. The van der Waals surface area contributed by atoms with Crippen LogP contribution in [0.1, 0.15) is 50.8 Å². The minimum Gasteiger partial charge on any atom is -0.378 e. The normalized spacial score (nSPS) is 21.0. The van der Waals surface area contributed by atoms with Crippen LogP contribution in [0.2, 0.25) is 0 Å². The van der Waals surface area contributed by atoms with E-state index in [1.165, 1.54) is 16.7 Å². The fraction of sp³-hybridized carbons (Fsp3) is 0.533. The molecule has 2 aliphatic rings. The summed E-state index contributed by atoms with van der Waals surface area (Å²) in [6, 6.07) is 7.26.